The average Bonchev–Trinajstić information content (AvgIpc) is 2.42. The van der Waals surface area contributed by atoms with Crippen LogP contribution in [0.4, 0.5) is 4.39 Å². The Morgan fingerprint density at radius 2 is 1.84 bits per heavy atom. The van der Waals surface area contributed by atoms with Crippen molar-refractivity contribution < 1.29 is 9.13 Å². The van der Waals surface area contributed by atoms with Crippen LogP contribution in [0.3, 0.4) is 0 Å². The van der Waals surface area contributed by atoms with Gasteiger partial charge in [0.1, 0.15) is 17.3 Å². The molecule has 2 aromatic carbocycles. The molecule has 1 N–H and O–H groups in total. The zero-order valence-electron chi connectivity index (χ0n) is 11.4. The Kier molecular flexibility index (Phi) is 4.17. The number of halogens is 1. The number of aryl methyl sites for hydroxylation is 1. The highest BCUT2D eigenvalue weighted by molar-refractivity contribution is 5.42. The molecule has 1 atom stereocenters. The van der Waals surface area contributed by atoms with Crippen LogP contribution in [-0.2, 0) is 0 Å². The SMILES string of the molecule is CNC(C)c1ccccc1Oc1cc(F)ccc1C. The van der Waals surface area contributed by atoms with Crippen LogP contribution in [0.1, 0.15) is 24.1 Å². The van der Waals surface area contributed by atoms with Crippen molar-refractivity contribution in [2.75, 3.05) is 7.05 Å². The number of benzene rings is 2. The Hall–Kier alpha value is -1.87. The van der Waals surface area contributed by atoms with E-state index < -0.39 is 0 Å². The maximum atomic E-state index is 13.3. The van der Waals surface area contributed by atoms with Gasteiger partial charge in [-0.15, -0.1) is 0 Å². The van der Waals surface area contributed by atoms with Crippen molar-refractivity contribution in [3.8, 4) is 11.5 Å². The normalized spacial score (nSPS) is 12.2. The van der Waals surface area contributed by atoms with E-state index in [1.165, 1.54) is 12.1 Å². The predicted octanol–water partition coefficient (Wildman–Crippen LogP) is 4.21. The molecular formula is C16H18FNO. The highest BCUT2D eigenvalue weighted by atomic mass is 19.1. The molecule has 0 amide bonds. The lowest BCUT2D eigenvalue weighted by Gasteiger charge is -2.17. The third-order valence-corrected chi connectivity index (χ3v) is 3.19. The van der Waals surface area contributed by atoms with Crippen LogP contribution in [0, 0.1) is 12.7 Å². The van der Waals surface area contributed by atoms with E-state index in [9.17, 15) is 4.39 Å². The van der Waals surface area contributed by atoms with Gasteiger partial charge in [0.15, 0.2) is 0 Å². The van der Waals surface area contributed by atoms with Gasteiger partial charge in [-0.25, -0.2) is 4.39 Å². The summed E-state index contributed by atoms with van der Waals surface area (Å²) in [5.74, 6) is 1.01. The minimum atomic E-state index is -0.292. The van der Waals surface area contributed by atoms with E-state index in [2.05, 4.69) is 12.2 Å². The molecule has 0 aliphatic rings. The smallest absolute Gasteiger partial charge is 0.133 e. The van der Waals surface area contributed by atoms with Crippen LogP contribution in [0.2, 0.25) is 0 Å². The van der Waals surface area contributed by atoms with E-state index in [-0.39, 0.29) is 11.9 Å². The summed E-state index contributed by atoms with van der Waals surface area (Å²) in [5, 5.41) is 3.18. The Labute approximate surface area is 113 Å². The second-order valence-corrected chi connectivity index (χ2v) is 4.56. The summed E-state index contributed by atoms with van der Waals surface area (Å²) in [6, 6.07) is 12.5. The van der Waals surface area contributed by atoms with E-state index in [4.69, 9.17) is 4.74 Å². The Balaban J connectivity index is 2.35. The third-order valence-electron chi connectivity index (χ3n) is 3.19. The first-order valence-electron chi connectivity index (χ1n) is 6.32. The van der Waals surface area contributed by atoms with Crippen LogP contribution in [0.25, 0.3) is 0 Å². The van der Waals surface area contributed by atoms with Gasteiger partial charge in [0.2, 0.25) is 0 Å². The first kappa shape index (κ1) is 13.6. The van der Waals surface area contributed by atoms with Crippen LogP contribution >= 0.6 is 0 Å². The molecule has 0 fully saturated rings. The number of hydrogen-bond donors (Lipinski definition) is 1. The maximum absolute atomic E-state index is 13.3. The topological polar surface area (TPSA) is 21.3 Å². The summed E-state index contributed by atoms with van der Waals surface area (Å²) in [4.78, 5) is 0. The molecule has 0 aliphatic carbocycles. The van der Waals surface area contributed by atoms with E-state index in [1.54, 1.807) is 6.07 Å². The molecule has 0 heterocycles. The predicted molar refractivity (Wildman–Crippen MR) is 75.1 cm³/mol. The fourth-order valence-electron chi connectivity index (χ4n) is 1.89. The molecule has 0 bridgehead atoms. The van der Waals surface area contributed by atoms with Crippen molar-refractivity contribution in [1.29, 1.82) is 0 Å². The van der Waals surface area contributed by atoms with Crippen molar-refractivity contribution in [2.24, 2.45) is 0 Å². The third kappa shape index (κ3) is 3.12. The molecule has 2 aromatic rings. The Morgan fingerprint density at radius 3 is 2.58 bits per heavy atom. The molecule has 1 unspecified atom stereocenters. The standard InChI is InChI=1S/C16H18FNO/c1-11-8-9-13(17)10-16(11)19-15-7-5-4-6-14(15)12(2)18-3/h4-10,12,18H,1-3H3. The first-order valence-corrected chi connectivity index (χ1v) is 6.32. The van der Waals surface area contributed by atoms with E-state index in [0.29, 0.717) is 5.75 Å². The van der Waals surface area contributed by atoms with E-state index in [0.717, 1.165) is 16.9 Å². The van der Waals surface area contributed by atoms with Gasteiger partial charge in [0.25, 0.3) is 0 Å². The second-order valence-electron chi connectivity index (χ2n) is 4.56. The quantitative estimate of drug-likeness (QED) is 0.888. The zero-order chi connectivity index (χ0) is 13.8. The number of nitrogens with one attached hydrogen (secondary N) is 1. The van der Waals surface area contributed by atoms with Gasteiger partial charge in [-0.05, 0) is 38.6 Å². The molecule has 0 saturated carbocycles. The van der Waals surface area contributed by atoms with Crippen molar-refractivity contribution in [3.05, 3.63) is 59.4 Å². The van der Waals surface area contributed by atoms with Crippen molar-refractivity contribution >= 4 is 0 Å². The summed E-state index contributed by atoms with van der Waals surface area (Å²) in [7, 11) is 1.90. The summed E-state index contributed by atoms with van der Waals surface area (Å²) >= 11 is 0. The summed E-state index contributed by atoms with van der Waals surface area (Å²) < 4.78 is 19.1. The highest BCUT2D eigenvalue weighted by Crippen LogP contribution is 2.31. The Morgan fingerprint density at radius 1 is 1.11 bits per heavy atom. The molecule has 0 aromatic heterocycles. The van der Waals surface area contributed by atoms with Gasteiger partial charge < -0.3 is 10.1 Å². The number of ether oxygens (including phenoxy) is 1. The van der Waals surface area contributed by atoms with Gasteiger partial charge in [0.05, 0.1) is 0 Å². The molecule has 0 radical (unpaired) electrons. The summed E-state index contributed by atoms with van der Waals surface area (Å²) in [6.07, 6.45) is 0. The molecule has 2 rings (SSSR count). The lowest BCUT2D eigenvalue weighted by Crippen LogP contribution is -2.13. The van der Waals surface area contributed by atoms with Gasteiger partial charge >= 0.3 is 0 Å². The maximum Gasteiger partial charge on any atom is 0.133 e. The largest absolute Gasteiger partial charge is 0.457 e. The summed E-state index contributed by atoms with van der Waals surface area (Å²) in [6.45, 7) is 3.96. The Bertz CT molecular complexity index is 568. The minimum absolute atomic E-state index is 0.171. The van der Waals surface area contributed by atoms with Gasteiger partial charge in [0, 0.05) is 17.7 Å². The van der Waals surface area contributed by atoms with Crippen LogP contribution in [0.5, 0.6) is 11.5 Å². The van der Waals surface area contributed by atoms with Gasteiger partial charge in [-0.1, -0.05) is 24.3 Å². The molecule has 0 spiro atoms. The molecular weight excluding hydrogens is 241 g/mol. The van der Waals surface area contributed by atoms with Crippen molar-refractivity contribution in [1.82, 2.24) is 5.32 Å². The lowest BCUT2D eigenvalue weighted by atomic mass is 10.1. The van der Waals surface area contributed by atoms with Crippen LogP contribution < -0.4 is 10.1 Å². The first-order chi connectivity index (χ1) is 9.11. The zero-order valence-corrected chi connectivity index (χ0v) is 11.4. The van der Waals surface area contributed by atoms with Crippen LogP contribution in [0.15, 0.2) is 42.5 Å². The molecule has 2 nitrogen and oxygen atoms in total. The van der Waals surface area contributed by atoms with Gasteiger partial charge in [-0.3, -0.25) is 0 Å². The molecule has 19 heavy (non-hydrogen) atoms. The monoisotopic (exact) mass is 259 g/mol. The molecule has 3 heteroatoms. The number of rotatable bonds is 4. The summed E-state index contributed by atoms with van der Waals surface area (Å²) in [5.41, 5.74) is 1.96. The van der Waals surface area contributed by atoms with Crippen molar-refractivity contribution in [3.63, 3.8) is 0 Å². The van der Waals surface area contributed by atoms with E-state index in [1.807, 2.05) is 38.2 Å². The number of para-hydroxylation sites is 1. The van der Waals surface area contributed by atoms with Gasteiger partial charge in [-0.2, -0.15) is 0 Å². The van der Waals surface area contributed by atoms with Crippen LogP contribution in [-0.4, -0.2) is 7.05 Å². The fourth-order valence-corrected chi connectivity index (χ4v) is 1.89. The highest BCUT2D eigenvalue weighted by Gasteiger charge is 2.11. The number of hydrogen-bond acceptors (Lipinski definition) is 2. The van der Waals surface area contributed by atoms with E-state index >= 15 is 0 Å². The molecule has 0 aliphatic heterocycles. The average molecular weight is 259 g/mol. The lowest BCUT2D eigenvalue weighted by molar-refractivity contribution is 0.458. The second kappa shape index (κ2) is 5.85. The minimum Gasteiger partial charge on any atom is -0.457 e. The molecule has 100 valence electrons. The fraction of sp³-hybridized carbons (Fsp3) is 0.250. The van der Waals surface area contributed by atoms with Crippen molar-refractivity contribution in [2.45, 2.75) is 19.9 Å². The molecule has 0 saturated heterocycles.